The zero-order valence-electron chi connectivity index (χ0n) is 9.81. The molecule has 0 fully saturated rings. The Hall–Kier alpha value is -1.61. The lowest BCUT2D eigenvalue weighted by molar-refractivity contribution is 0.0966. The van der Waals surface area contributed by atoms with Crippen molar-refractivity contribution >= 4 is 0 Å². The third kappa shape index (κ3) is 1.86. The lowest BCUT2D eigenvalue weighted by Crippen LogP contribution is -2.23. The average molecular weight is 216 g/mol. The number of hydrogen-bond acceptors (Lipinski definition) is 2. The van der Waals surface area contributed by atoms with E-state index in [9.17, 15) is 5.11 Å². The van der Waals surface area contributed by atoms with Crippen molar-refractivity contribution in [1.29, 1.82) is 0 Å². The smallest absolute Gasteiger partial charge is 0.130 e. The summed E-state index contributed by atoms with van der Waals surface area (Å²) in [5.41, 5.74) is 1.63. The Morgan fingerprint density at radius 1 is 1.31 bits per heavy atom. The summed E-state index contributed by atoms with van der Waals surface area (Å²) < 4.78 is 1.69. The van der Waals surface area contributed by atoms with Crippen LogP contribution in [0.3, 0.4) is 0 Å². The topological polar surface area (TPSA) is 38.0 Å². The van der Waals surface area contributed by atoms with Gasteiger partial charge < -0.3 is 5.11 Å². The third-order valence-electron chi connectivity index (χ3n) is 2.79. The molecule has 2 rings (SSSR count). The minimum absolute atomic E-state index is 0.667. The summed E-state index contributed by atoms with van der Waals surface area (Å²) in [6.45, 7) is 3.78. The number of rotatable bonds is 2. The van der Waals surface area contributed by atoms with E-state index in [0.717, 1.165) is 11.1 Å². The number of hydrogen-bond donors (Lipinski definition) is 1. The second-order valence-corrected chi connectivity index (χ2v) is 4.32. The molecule has 0 aliphatic rings. The molecule has 0 bridgehead atoms. The van der Waals surface area contributed by atoms with Crippen LogP contribution in [0.2, 0.25) is 0 Å². The number of nitrogens with zero attached hydrogens (tertiary/aromatic N) is 2. The van der Waals surface area contributed by atoms with Gasteiger partial charge in [0.1, 0.15) is 5.60 Å². The van der Waals surface area contributed by atoms with Crippen LogP contribution in [0.5, 0.6) is 0 Å². The predicted octanol–water partition coefficient (Wildman–Crippen LogP) is 1.98. The highest BCUT2D eigenvalue weighted by Crippen LogP contribution is 2.27. The van der Waals surface area contributed by atoms with Crippen molar-refractivity contribution in [1.82, 2.24) is 9.78 Å². The summed E-state index contributed by atoms with van der Waals surface area (Å²) in [6, 6.07) is 9.69. The lowest BCUT2D eigenvalue weighted by Gasteiger charge is -2.22. The maximum atomic E-state index is 10.5. The summed E-state index contributed by atoms with van der Waals surface area (Å²) in [5, 5.41) is 14.8. The van der Waals surface area contributed by atoms with Gasteiger partial charge in [0.25, 0.3) is 0 Å². The predicted molar refractivity (Wildman–Crippen MR) is 63.1 cm³/mol. The van der Waals surface area contributed by atoms with Gasteiger partial charge in [0.2, 0.25) is 0 Å². The minimum Gasteiger partial charge on any atom is -0.379 e. The Labute approximate surface area is 95.3 Å². The molecule has 3 nitrogen and oxygen atoms in total. The maximum absolute atomic E-state index is 10.5. The molecule has 1 aromatic carbocycles. The van der Waals surface area contributed by atoms with Crippen LogP contribution in [0.1, 0.15) is 23.7 Å². The van der Waals surface area contributed by atoms with Crippen molar-refractivity contribution in [3.63, 3.8) is 0 Å². The highest BCUT2D eigenvalue weighted by atomic mass is 16.3. The first-order valence-corrected chi connectivity index (χ1v) is 5.30. The van der Waals surface area contributed by atoms with Gasteiger partial charge in [0, 0.05) is 13.2 Å². The van der Waals surface area contributed by atoms with Crippen LogP contribution in [-0.2, 0) is 12.6 Å². The first kappa shape index (κ1) is 10.9. The van der Waals surface area contributed by atoms with Gasteiger partial charge in [-0.3, -0.25) is 4.68 Å². The van der Waals surface area contributed by atoms with Crippen LogP contribution in [0.15, 0.2) is 36.5 Å². The molecular weight excluding hydrogens is 200 g/mol. The van der Waals surface area contributed by atoms with Gasteiger partial charge in [0.05, 0.1) is 5.69 Å². The summed E-state index contributed by atoms with van der Waals surface area (Å²) in [5.74, 6) is 0. The second kappa shape index (κ2) is 3.76. The standard InChI is InChI=1S/C13H16N2O/c1-10-5-4-6-11(9-10)13(2,16)12-7-8-15(3)14-12/h4-9,16H,1-3H3. The average Bonchev–Trinajstić information content (AvgIpc) is 2.65. The molecule has 0 radical (unpaired) electrons. The van der Waals surface area contributed by atoms with Gasteiger partial charge in [-0.05, 0) is 25.5 Å². The van der Waals surface area contributed by atoms with E-state index in [1.807, 2.05) is 50.5 Å². The molecule has 0 amide bonds. The van der Waals surface area contributed by atoms with E-state index in [4.69, 9.17) is 0 Å². The van der Waals surface area contributed by atoms with Gasteiger partial charge in [-0.25, -0.2) is 0 Å². The van der Waals surface area contributed by atoms with Crippen LogP contribution in [-0.4, -0.2) is 14.9 Å². The fourth-order valence-corrected chi connectivity index (χ4v) is 1.77. The van der Waals surface area contributed by atoms with E-state index >= 15 is 0 Å². The quantitative estimate of drug-likeness (QED) is 0.833. The zero-order chi connectivity index (χ0) is 11.8. The van der Waals surface area contributed by atoms with E-state index < -0.39 is 5.60 Å². The zero-order valence-corrected chi connectivity index (χ0v) is 9.81. The Morgan fingerprint density at radius 2 is 2.06 bits per heavy atom. The summed E-state index contributed by atoms with van der Waals surface area (Å²) in [7, 11) is 1.84. The van der Waals surface area contributed by atoms with Crippen molar-refractivity contribution < 1.29 is 5.11 Å². The Morgan fingerprint density at radius 3 is 2.62 bits per heavy atom. The molecule has 16 heavy (non-hydrogen) atoms. The monoisotopic (exact) mass is 216 g/mol. The van der Waals surface area contributed by atoms with E-state index in [2.05, 4.69) is 5.10 Å². The molecule has 0 spiro atoms. The van der Waals surface area contributed by atoms with Gasteiger partial charge in [0.15, 0.2) is 0 Å². The highest BCUT2D eigenvalue weighted by molar-refractivity contribution is 5.33. The largest absolute Gasteiger partial charge is 0.379 e. The number of aryl methyl sites for hydroxylation is 2. The third-order valence-corrected chi connectivity index (χ3v) is 2.79. The van der Waals surface area contributed by atoms with Crippen LogP contribution in [0.25, 0.3) is 0 Å². The van der Waals surface area contributed by atoms with Crippen molar-refractivity contribution in [3.8, 4) is 0 Å². The van der Waals surface area contributed by atoms with E-state index in [-0.39, 0.29) is 0 Å². The van der Waals surface area contributed by atoms with Crippen molar-refractivity contribution in [2.75, 3.05) is 0 Å². The molecule has 1 unspecified atom stereocenters. The molecule has 2 aromatic rings. The van der Waals surface area contributed by atoms with Crippen LogP contribution in [0, 0.1) is 6.92 Å². The molecule has 1 atom stereocenters. The van der Waals surface area contributed by atoms with Gasteiger partial charge in [-0.1, -0.05) is 29.8 Å². The van der Waals surface area contributed by atoms with E-state index in [1.165, 1.54) is 0 Å². The van der Waals surface area contributed by atoms with Gasteiger partial charge in [-0.15, -0.1) is 0 Å². The SMILES string of the molecule is Cc1cccc(C(C)(O)c2ccn(C)n2)c1. The molecule has 84 valence electrons. The van der Waals surface area contributed by atoms with Gasteiger partial charge in [-0.2, -0.15) is 5.10 Å². The minimum atomic E-state index is -1.03. The summed E-state index contributed by atoms with van der Waals surface area (Å²) in [4.78, 5) is 0. The molecular formula is C13H16N2O. The normalized spacial score (nSPS) is 14.8. The summed E-state index contributed by atoms with van der Waals surface area (Å²) in [6.07, 6.45) is 1.83. The number of benzene rings is 1. The first-order valence-electron chi connectivity index (χ1n) is 5.30. The molecule has 0 saturated carbocycles. The molecule has 1 aromatic heterocycles. The fourth-order valence-electron chi connectivity index (χ4n) is 1.77. The van der Waals surface area contributed by atoms with Crippen LogP contribution < -0.4 is 0 Å². The molecule has 0 aliphatic carbocycles. The van der Waals surface area contributed by atoms with Crippen molar-refractivity contribution in [3.05, 3.63) is 53.3 Å². The maximum Gasteiger partial charge on any atom is 0.130 e. The molecule has 3 heteroatoms. The van der Waals surface area contributed by atoms with Crippen LogP contribution in [0.4, 0.5) is 0 Å². The molecule has 0 saturated heterocycles. The number of aliphatic hydroxyl groups is 1. The van der Waals surface area contributed by atoms with Gasteiger partial charge >= 0.3 is 0 Å². The highest BCUT2D eigenvalue weighted by Gasteiger charge is 2.27. The first-order chi connectivity index (χ1) is 7.50. The second-order valence-electron chi connectivity index (χ2n) is 4.32. The van der Waals surface area contributed by atoms with Crippen molar-refractivity contribution in [2.45, 2.75) is 19.4 Å². The molecule has 1 heterocycles. The van der Waals surface area contributed by atoms with E-state index in [1.54, 1.807) is 11.6 Å². The molecule has 0 aliphatic heterocycles. The molecule has 1 N–H and O–H groups in total. The van der Waals surface area contributed by atoms with Crippen LogP contribution >= 0.6 is 0 Å². The fraction of sp³-hybridized carbons (Fsp3) is 0.308. The number of aromatic nitrogens is 2. The summed E-state index contributed by atoms with van der Waals surface area (Å²) >= 11 is 0. The lowest BCUT2D eigenvalue weighted by atomic mass is 9.92. The van der Waals surface area contributed by atoms with Crippen molar-refractivity contribution in [2.24, 2.45) is 7.05 Å². The Bertz CT molecular complexity index is 500. The Kier molecular flexibility index (Phi) is 2.56. The van der Waals surface area contributed by atoms with E-state index in [0.29, 0.717) is 5.69 Å². The Balaban J connectivity index is 2.46.